The number of piperidine rings is 1. The van der Waals surface area contributed by atoms with E-state index >= 15 is 0 Å². The van der Waals surface area contributed by atoms with E-state index in [0.717, 1.165) is 25.9 Å². The summed E-state index contributed by atoms with van der Waals surface area (Å²) in [5, 5.41) is 2.33. The Balaban J connectivity index is 1.96. The Hall–Kier alpha value is -0.940. The summed E-state index contributed by atoms with van der Waals surface area (Å²) in [6.07, 6.45) is 2.23. The van der Waals surface area contributed by atoms with Gasteiger partial charge in [0.25, 0.3) is 0 Å². The summed E-state index contributed by atoms with van der Waals surface area (Å²) in [7, 11) is 2.08. The van der Waals surface area contributed by atoms with Gasteiger partial charge in [-0.15, -0.1) is 0 Å². The molecule has 0 aliphatic carbocycles. The van der Waals surface area contributed by atoms with E-state index in [9.17, 15) is 9.59 Å². The highest BCUT2D eigenvalue weighted by molar-refractivity contribution is 5.99. The number of rotatable bonds is 1. The zero-order valence-corrected chi connectivity index (χ0v) is 9.03. The number of carbonyl (C=O) groups is 2. The first kappa shape index (κ1) is 10.6. The third-order valence-electron chi connectivity index (χ3n) is 3.09. The summed E-state index contributed by atoms with van der Waals surface area (Å²) in [6.45, 7) is 2.81. The average Bonchev–Trinajstić information content (AvgIpc) is 2.16. The van der Waals surface area contributed by atoms with E-state index in [1.807, 2.05) is 4.90 Å². The minimum atomic E-state index is -0.167. The van der Waals surface area contributed by atoms with E-state index < -0.39 is 0 Å². The monoisotopic (exact) mass is 211 g/mol. The van der Waals surface area contributed by atoms with Gasteiger partial charge in [-0.2, -0.15) is 0 Å². The van der Waals surface area contributed by atoms with Gasteiger partial charge < -0.3 is 4.90 Å². The largest absolute Gasteiger partial charge is 0.305 e. The van der Waals surface area contributed by atoms with Crippen molar-refractivity contribution in [2.24, 2.45) is 0 Å². The quantitative estimate of drug-likeness (QED) is 0.568. The van der Waals surface area contributed by atoms with Crippen LogP contribution >= 0.6 is 0 Å². The molecule has 2 saturated heterocycles. The number of likely N-dealkylation sites (N-methyl/N-ethyl adjacent to an activating group) is 1. The molecule has 15 heavy (non-hydrogen) atoms. The molecule has 0 aromatic rings. The summed E-state index contributed by atoms with van der Waals surface area (Å²) < 4.78 is 0. The van der Waals surface area contributed by atoms with Crippen molar-refractivity contribution in [3.05, 3.63) is 0 Å². The number of carbonyl (C=O) groups excluding carboxylic acids is 2. The van der Waals surface area contributed by atoms with Crippen molar-refractivity contribution in [1.82, 2.24) is 15.1 Å². The van der Waals surface area contributed by atoms with Gasteiger partial charge >= 0.3 is 0 Å². The molecule has 0 aromatic carbocycles. The summed E-state index contributed by atoms with van der Waals surface area (Å²) in [6, 6.07) is 0.360. The van der Waals surface area contributed by atoms with E-state index in [0.29, 0.717) is 19.1 Å². The zero-order chi connectivity index (χ0) is 10.8. The number of nitrogens with zero attached hydrogens (tertiary/aromatic N) is 2. The summed E-state index contributed by atoms with van der Waals surface area (Å²) >= 11 is 0. The van der Waals surface area contributed by atoms with Gasteiger partial charge in [-0.05, 0) is 26.4 Å². The standard InChI is InChI=1S/C10H17N3O2/c1-12-4-2-3-8(5-12)13-6-9(14)11-10(15)7-13/h8H,2-7H2,1H3,(H,11,14,15). The number of piperazine rings is 1. The molecule has 2 amide bonds. The van der Waals surface area contributed by atoms with Crippen molar-refractivity contribution in [2.75, 3.05) is 33.2 Å². The van der Waals surface area contributed by atoms with Crippen LogP contribution in [0.15, 0.2) is 0 Å². The van der Waals surface area contributed by atoms with Crippen LogP contribution in [0, 0.1) is 0 Å². The fourth-order valence-corrected chi connectivity index (χ4v) is 2.35. The number of imide groups is 1. The molecule has 0 bridgehead atoms. The van der Waals surface area contributed by atoms with Gasteiger partial charge in [-0.25, -0.2) is 0 Å². The molecule has 2 heterocycles. The summed E-state index contributed by atoms with van der Waals surface area (Å²) in [5.74, 6) is -0.334. The van der Waals surface area contributed by atoms with Crippen molar-refractivity contribution in [1.29, 1.82) is 0 Å². The third kappa shape index (κ3) is 2.54. The second-order valence-electron chi connectivity index (χ2n) is 4.43. The third-order valence-corrected chi connectivity index (χ3v) is 3.09. The first-order chi connectivity index (χ1) is 7.15. The maximum Gasteiger partial charge on any atom is 0.240 e. The lowest BCUT2D eigenvalue weighted by Gasteiger charge is -2.38. The molecule has 84 valence electrons. The van der Waals surface area contributed by atoms with E-state index in [1.54, 1.807) is 0 Å². The van der Waals surface area contributed by atoms with Crippen LogP contribution in [0.25, 0.3) is 0 Å². The fourth-order valence-electron chi connectivity index (χ4n) is 2.35. The highest BCUT2D eigenvalue weighted by Gasteiger charge is 2.30. The van der Waals surface area contributed by atoms with Gasteiger partial charge in [-0.1, -0.05) is 0 Å². The topological polar surface area (TPSA) is 52.6 Å². The molecule has 5 heteroatoms. The van der Waals surface area contributed by atoms with Crippen LogP contribution in [-0.2, 0) is 9.59 Å². The maximum absolute atomic E-state index is 11.2. The molecular weight excluding hydrogens is 194 g/mol. The molecule has 1 N–H and O–H groups in total. The lowest BCUT2D eigenvalue weighted by molar-refractivity contribution is -0.137. The summed E-state index contributed by atoms with van der Waals surface area (Å²) in [5.41, 5.74) is 0. The van der Waals surface area contributed by atoms with E-state index in [2.05, 4.69) is 17.3 Å². The van der Waals surface area contributed by atoms with Crippen molar-refractivity contribution >= 4 is 11.8 Å². The van der Waals surface area contributed by atoms with Gasteiger partial charge in [0, 0.05) is 12.6 Å². The van der Waals surface area contributed by atoms with Gasteiger partial charge in [0.05, 0.1) is 13.1 Å². The molecule has 0 aromatic heterocycles. The molecule has 2 fully saturated rings. The minimum absolute atomic E-state index is 0.167. The molecule has 2 aliphatic rings. The predicted molar refractivity (Wildman–Crippen MR) is 55.2 cm³/mol. The number of nitrogens with one attached hydrogen (secondary N) is 1. The number of amides is 2. The van der Waals surface area contributed by atoms with Crippen LogP contribution in [0.5, 0.6) is 0 Å². The Morgan fingerprint density at radius 2 is 1.93 bits per heavy atom. The number of hydrogen-bond acceptors (Lipinski definition) is 4. The molecule has 0 saturated carbocycles. The molecule has 2 aliphatic heterocycles. The van der Waals surface area contributed by atoms with Crippen LogP contribution in [0.4, 0.5) is 0 Å². The van der Waals surface area contributed by atoms with Crippen molar-refractivity contribution in [3.63, 3.8) is 0 Å². The molecule has 0 spiro atoms. The van der Waals surface area contributed by atoms with Crippen LogP contribution < -0.4 is 5.32 Å². The lowest BCUT2D eigenvalue weighted by Crippen LogP contribution is -2.57. The van der Waals surface area contributed by atoms with Crippen LogP contribution in [0.3, 0.4) is 0 Å². The maximum atomic E-state index is 11.2. The smallest absolute Gasteiger partial charge is 0.240 e. The zero-order valence-electron chi connectivity index (χ0n) is 9.03. The van der Waals surface area contributed by atoms with E-state index in [4.69, 9.17) is 0 Å². The second kappa shape index (κ2) is 4.28. The van der Waals surface area contributed by atoms with Crippen LogP contribution in [0.2, 0.25) is 0 Å². The first-order valence-electron chi connectivity index (χ1n) is 5.40. The van der Waals surface area contributed by atoms with Gasteiger partial charge in [-0.3, -0.25) is 19.8 Å². The number of hydrogen-bond donors (Lipinski definition) is 1. The summed E-state index contributed by atoms with van der Waals surface area (Å²) in [4.78, 5) is 26.7. The van der Waals surface area contributed by atoms with Crippen LogP contribution in [-0.4, -0.2) is 60.9 Å². The normalized spacial score (nSPS) is 30.3. The van der Waals surface area contributed by atoms with Crippen molar-refractivity contribution in [2.45, 2.75) is 18.9 Å². The van der Waals surface area contributed by atoms with Gasteiger partial charge in [0.15, 0.2) is 0 Å². The second-order valence-corrected chi connectivity index (χ2v) is 4.43. The molecule has 5 nitrogen and oxygen atoms in total. The predicted octanol–water partition coefficient (Wildman–Crippen LogP) is -0.961. The highest BCUT2D eigenvalue weighted by atomic mass is 16.2. The molecule has 1 unspecified atom stereocenters. The van der Waals surface area contributed by atoms with Gasteiger partial charge in [0.1, 0.15) is 0 Å². The molecule has 2 rings (SSSR count). The van der Waals surface area contributed by atoms with Gasteiger partial charge in [0.2, 0.25) is 11.8 Å². The Kier molecular flexibility index (Phi) is 3.02. The molecular formula is C10H17N3O2. The molecule has 1 atom stereocenters. The Bertz CT molecular complexity index is 264. The minimum Gasteiger partial charge on any atom is -0.305 e. The Morgan fingerprint density at radius 3 is 2.53 bits per heavy atom. The first-order valence-corrected chi connectivity index (χ1v) is 5.40. The van der Waals surface area contributed by atoms with Crippen LogP contribution in [0.1, 0.15) is 12.8 Å². The number of likely N-dealkylation sites (tertiary alicyclic amines) is 1. The Labute approximate surface area is 89.4 Å². The molecule has 0 radical (unpaired) electrons. The Morgan fingerprint density at radius 1 is 1.27 bits per heavy atom. The fraction of sp³-hybridized carbons (Fsp3) is 0.800. The van der Waals surface area contributed by atoms with E-state index in [1.165, 1.54) is 0 Å². The van der Waals surface area contributed by atoms with Crippen molar-refractivity contribution < 1.29 is 9.59 Å². The SMILES string of the molecule is CN1CCCC(N2CC(=O)NC(=O)C2)C1. The van der Waals surface area contributed by atoms with Crippen molar-refractivity contribution in [3.8, 4) is 0 Å². The lowest BCUT2D eigenvalue weighted by atomic mass is 10.0. The van der Waals surface area contributed by atoms with E-state index in [-0.39, 0.29) is 11.8 Å². The highest BCUT2D eigenvalue weighted by Crippen LogP contribution is 2.15. The average molecular weight is 211 g/mol.